The van der Waals surface area contributed by atoms with Crippen LogP contribution >= 0.6 is 0 Å². The van der Waals surface area contributed by atoms with Crippen LogP contribution in [0, 0.1) is 0 Å². The molecule has 0 radical (unpaired) electrons. The van der Waals surface area contributed by atoms with Crippen LogP contribution in [-0.2, 0) is 33.2 Å². The van der Waals surface area contributed by atoms with Crippen molar-refractivity contribution >= 4 is 12.2 Å². The van der Waals surface area contributed by atoms with Crippen LogP contribution in [0.2, 0.25) is 0 Å². The van der Waals surface area contributed by atoms with Crippen molar-refractivity contribution < 1.29 is 33.2 Å². The third-order valence-electron chi connectivity index (χ3n) is 3.26. The number of nitrogens with two attached hydrogens (primary N) is 2. The molecule has 11 nitrogen and oxygen atoms in total. The van der Waals surface area contributed by atoms with E-state index in [4.69, 9.17) is 39.9 Å². The van der Waals surface area contributed by atoms with E-state index in [2.05, 4.69) is 10.3 Å². The minimum absolute atomic E-state index is 0.0735. The summed E-state index contributed by atoms with van der Waals surface area (Å²) >= 11 is 0. The number of nitrogens with zero attached hydrogens (tertiary/aromatic N) is 1. The van der Waals surface area contributed by atoms with Gasteiger partial charge < -0.3 is 45.2 Å². The molecule has 5 N–H and O–H groups in total. The molecule has 0 rings (SSSR count). The monoisotopic (exact) mass is 422 g/mol. The molecule has 0 aliphatic carbocycles. The average molecular weight is 423 g/mol. The Labute approximate surface area is 173 Å². The van der Waals surface area contributed by atoms with Crippen molar-refractivity contribution in [2.75, 3.05) is 98.9 Å². The highest BCUT2D eigenvalue weighted by Gasteiger charge is 2.00. The Morgan fingerprint density at radius 2 is 1.21 bits per heavy atom. The summed E-state index contributed by atoms with van der Waals surface area (Å²) in [6.07, 6.45) is 1.55. The molecule has 0 heterocycles. The molecule has 0 unspecified atom stereocenters. The van der Waals surface area contributed by atoms with Crippen molar-refractivity contribution in [2.45, 2.75) is 6.42 Å². The van der Waals surface area contributed by atoms with Crippen LogP contribution in [0.3, 0.4) is 0 Å². The third-order valence-corrected chi connectivity index (χ3v) is 3.26. The van der Waals surface area contributed by atoms with E-state index in [1.54, 1.807) is 0 Å². The number of hydrogen-bond acceptors (Lipinski definition) is 9. The van der Waals surface area contributed by atoms with Gasteiger partial charge in [-0.15, -0.1) is 0 Å². The SMILES string of the molecule is NC=NCCOCCOCCNC(=O)CCOCCOCCOCCOCCN. The number of aliphatic imine (C=N–C) groups is 1. The Morgan fingerprint density at radius 1 is 0.724 bits per heavy atom. The zero-order valence-corrected chi connectivity index (χ0v) is 17.4. The Kier molecular flexibility index (Phi) is 23.6. The van der Waals surface area contributed by atoms with E-state index in [9.17, 15) is 4.79 Å². The summed E-state index contributed by atoms with van der Waals surface area (Å²) < 4.78 is 31.8. The fourth-order valence-corrected chi connectivity index (χ4v) is 1.87. The predicted octanol–water partition coefficient (Wildman–Crippen LogP) is -1.46. The summed E-state index contributed by atoms with van der Waals surface area (Å²) in [5, 5.41) is 2.76. The topological polar surface area (TPSA) is 149 Å². The van der Waals surface area contributed by atoms with Gasteiger partial charge in [0.15, 0.2) is 0 Å². The smallest absolute Gasteiger partial charge is 0.222 e. The van der Waals surface area contributed by atoms with Gasteiger partial charge in [-0.25, -0.2) is 0 Å². The van der Waals surface area contributed by atoms with Crippen molar-refractivity contribution in [3.63, 3.8) is 0 Å². The van der Waals surface area contributed by atoms with Gasteiger partial charge in [0.25, 0.3) is 0 Å². The fourth-order valence-electron chi connectivity index (χ4n) is 1.87. The minimum atomic E-state index is -0.0735. The zero-order valence-electron chi connectivity index (χ0n) is 17.4. The second kappa shape index (κ2) is 24.7. The second-order valence-electron chi connectivity index (χ2n) is 5.62. The maximum absolute atomic E-state index is 11.6. The lowest BCUT2D eigenvalue weighted by atomic mass is 10.4. The Bertz CT molecular complexity index is 376. The highest BCUT2D eigenvalue weighted by atomic mass is 16.6. The predicted molar refractivity (Wildman–Crippen MR) is 109 cm³/mol. The molecule has 0 fully saturated rings. The zero-order chi connectivity index (χ0) is 21.3. The summed E-state index contributed by atoms with van der Waals surface area (Å²) in [6.45, 7) is 7.28. The van der Waals surface area contributed by atoms with Crippen LogP contribution in [-0.4, -0.2) is 111 Å². The Morgan fingerprint density at radius 3 is 1.76 bits per heavy atom. The van der Waals surface area contributed by atoms with E-state index in [1.807, 2.05) is 0 Å². The first-order valence-corrected chi connectivity index (χ1v) is 9.94. The molecule has 0 saturated carbocycles. The lowest BCUT2D eigenvalue weighted by molar-refractivity contribution is -0.122. The molecule has 0 bridgehead atoms. The number of carbonyl (C=O) groups excluding carboxylic acids is 1. The molecule has 0 aromatic heterocycles. The van der Waals surface area contributed by atoms with Crippen molar-refractivity contribution in [2.24, 2.45) is 16.5 Å². The van der Waals surface area contributed by atoms with Gasteiger partial charge in [-0.3, -0.25) is 9.79 Å². The van der Waals surface area contributed by atoms with Crippen molar-refractivity contribution in [1.29, 1.82) is 0 Å². The van der Waals surface area contributed by atoms with Crippen LogP contribution in [0.15, 0.2) is 4.99 Å². The molecule has 0 spiro atoms. The molecule has 0 aromatic carbocycles. The molecule has 29 heavy (non-hydrogen) atoms. The van der Waals surface area contributed by atoms with E-state index < -0.39 is 0 Å². The highest BCUT2D eigenvalue weighted by Crippen LogP contribution is 1.86. The number of nitrogens with one attached hydrogen (secondary N) is 1. The largest absolute Gasteiger partial charge is 0.390 e. The maximum Gasteiger partial charge on any atom is 0.222 e. The van der Waals surface area contributed by atoms with Gasteiger partial charge in [0.05, 0.1) is 92.2 Å². The standard InChI is InChI=1S/C18H38N4O7/c19-2-6-25-10-14-29-16-15-28-13-9-24-5-1-18(23)22-4-8-27-12-11-26-7-3-21-17-20/h17H,1-16,19H2,(H2,20,21)(H,22,23). The quantitative estimate of drug-likeness (QED) is 0.102. The number of hydrogen-bond donors (Lipinski definition) is 3. The molecule has 0 aromatic rings. The van der Waals surface area contributed by atoms with Gasteiger partial charge in [0.2, 0.25) is 5.91 Å². The van der Waals surface area contributed by atoms with Crippen molar-refractivity contribution in [1.82, 2.24) is 5.32 Å². The van der Waals surface area contributed by atoms with E-state index in [0.29, 0.717) is 105 Å². The number of rotatable bonds is 23. The first kappa shape index (κ1) is 27.7. The van der Waals surface area contributed by atoms with Gasteiger partial charge in [0, 0.05) is 19.5 Å². The van der Waals surface area contributed by atoms with Gasteiger partial charge >= 0.3 is 0 Å². The van der Waals surface area contributed by atoms with Crippen LogP contribution in [0.25, 0.3) is 0 Å². The molecular weight excluding hydrogens is 384 g/mol. The summed E-state index contributed by atoms with van der Waals surface area (Å²) in [7, 11) is 0. The van der Waals surface area contributed by atoms with E-state index in [0.717, 1.165) is 0 Å². The first-order valence-electron chi connectivity index (χ1n) is 9.94. The minimum Gasteiger partial charge on any atom is -0.390 e. The van der Waals surface area contributed by atoms with Gasteiger partial charge in [0.1, 0.15) is 0 Å². The number of ether oxygens (including phenoxy) is 6. The summed E-state index contributed by atoms with van der Waals surface area (Å²) in [4.78, 5) is 15.4. The van der Waals surface area contributed by atoms with Gasteiger partial charge in [-0.2, -0.15) is 0 Å². The van der Waals surface area contributed by atoms with Crippen LogP contribution in [0.4, 0.5) is 0 Å². The Hall–Kier alpha value is -1.34. The molecule has 1 amide bonds. The average Bonchev–Trinajstić information content (AvgIpc) is 2.72. The van der Waals surface area contributed by atoms with Crippen LogP contribution in [0.1, 0.15) is 6.42 Å². The molecular formula is C18H38N4O7. The summed E-state index contributed by atoms with van der Waals surface area (Å²) in [5.41, 5.74) is 10.4. The lowest BCUT2D eigenvalue weighted by Gasteiger charge is -2.08. The van der Waals surface area contributed by atoms with E-state index in [-0.39, 0.29) is 5.91 Å². The molecule has 0 saturated heterocycles. The fraction of sp³-hybridized carbons (Fsp3) is 0.889. The molecule has 0 atom stereocenters. The Balaban J connectivity index is 3.15. The third kappa shape index (κ3) is 24.6. The van der Waals surface area contributed by atoms with Crippen molar-refractivity contribution in [3.8, 4) is 0 Å². The summed E-state index contributed by atoms with van der Waals surface area (Å²) in [5.74, 6) is -0.0735. The number of amides is 1. The molecule has 11 heteroatoms. The van der Waals surface area contributed by atoms with Crippen LogP contribution in [0.5, 0.6) is 0 Å². The normalized spacial score (nSPS) is 11.3. The molecule has 0 aliphatic heterocycles. The van der Waals surface area contributed by atoms with Gasteiger partial charge in [-0.1, -0.05) is 0 Å². The molecule has 0 aliphatic rings. The molecule has 172 valence electrons. The van der Waals surface area contributed by atoms with Crippen LogP contribution < -0.4 is 16.8 Å². The van der Waals surface area contributed by atoms with E-state index >= 15 is 0 Å². The summed E-state index contributed by atoms with van der Waals surface area (Å²) in [6, 6.07) is 0. The number of carbonyl (C=O) groups is 1. The maximum atomic E-state index is 11.6. The van der Waals surface area contributed by atoms with Gasteiger partial charge in [-0.05, 0) is 0 Å². The van der Waals surface area contributed by atoms with E-state index in [1.165, 1.54) is 6.34 Å². The lowest BCUT2D eigenvalue weighted by Crippen LogP contribution is -2.28. The van der Waals surface area contributed by atoms with Crippen molar-refractivity contribution in [3.05, 3.63) is 0 Å². The second-order valence-corrected chi connectivity index (χ2v) is 5.62. The highest BCUT2D eigenvalue weighted by molar-refractivity contribution is 5.75. The first-order chi connectivity index (χ1) is 14.3.